The third-order valence-corrected chi connectivity index (χ3v) is 6.12. The Bertz CT molecular complexity index is 590. The lowest BCUT2D eigenvalue weighted by Crippen LogP contribution is -2.43. The monoisotopic (exact) mass is 357 g/mol. The van der Waals surface area contributed by atoms with Gasteiger partial charge in [-0.05, 0) is 67.7 Å². The predicted molar refractivity (Wildman–Crippen MR) is 90.6 cm³/mol. The van der Waals surface area contributed by atoms with Gasteiger partial charge in [-0.15, -0.1) is 13.2 Å². The molecule has 1 aliphatic heterocycles. The van der Waals surface area contributed by atoms with Crippen LogP contribution in [0.25, 0.3) is 0 Å². The van der Waals surface area contributed by atoms with E-state index >= 15 is 0 Å². The summed E-state index contributed by atoms with van der Waals surface area (Å²) in [5.41, 5.74) is 0.605. The number of ether oxygens (including phenoxy) is 1. The van der Waals surface area contributed by atoms with Crippen molar-refractivity contribution in [3.63, 3.8) is 0 Å². The van der Waals surface area contributed by atoms with E-state index in [0.29, 0.717) is 0 Å². The Morgan fingerprint density at radius 1 is 1.04 bits per heavy atom. The van der Waals surface area contributed by atoms with Crippen LogP contribution in [0.3, 0.4) is 0 Å². The molecule has 25 heavy (non-hydrogen) atoms. The molecule has 0 aromatic heterocycles. The minimum Gasteiger partial charge on any atom is -0.406 e. The Balaban J connectivity index is 1.62. The number of alkyl halides is 3. The molecule has 1 aliphatic carbocycles. The summed E-state index contributed by atoms with van der Waals surface area (Å²) in [6.45, 7) is 5.95. The molecule has 6 heteroatoms. The van der Waals surface area contributed by atoms with Crippen LogP contribution < -0.4 is 9.64 Å². The fourth-order valence-electron chi connectivity index (χ4n) is 4.21. The summed E-state index contributed by atoms with van der Waals surface area (Å²) in [6.07, 6.45) is 0.0884. The third-order valence-electron chi connectivity index (χ3n) is 6.12. The lowest BCUT2D eigenvalue weighted by molar-refractivity contribution is -0.274. The van der Waals surface area contributed by atoms with Gasteiger partial charge in [0.25, 0.3) is 0 Å². The Kier molecular flexibility index (Phi) is 4.69. The van der Waals surface area contributed by atoms with Gasteiger partial charge in [0.15, 0.2) is 0 Å². The van der Waals surface area contributed by atoms with E-state index in [1.54, 1.807) is 12.1 Å². The van der Waals surface area contributed by atoms with Gasteiger partial charge >= 0.3 is 6.36 Å². The summed E-state index contributed by atoms with van der Waals surface area (Å²) in [6, 6.07) is 6.11. The van der Waals surface area contributed by atoms with Crippen LogP contribution in [0.1, 0.15) is 46.0 Å². The molecule has 0 amide bonds. The molecule has 1 saturated carbocycles. The lowest BCUT2D eigenvalue weighted by atomic mass is 9.65. The van der Waals surface area contributed by atoms with Gasteiger partial charge in [-0.3, -0.25) is 0 Å². The van der Waals surface area contributed by atoms with Crippen LogP contribution in [0.2, 0.25) is 0 Å². The van der Waals surface area contributed by atoms with Crippen molar-refractivity contribution in [2.24, 2.45) is 11.3 Å². The summed E-state index contributed by atoms with van der Waals surface area (Å²) in [4.78, 5) is 2.23. The second kappa shape index (κ2) is 6.38. The molecule has 1 aromatic rings. The van der Waals surface area contributed by atoms with Crippen molar-refractivity contribution in [2.75, 3.05) is 18.0 Å². The fraction of sp³-hybridized carbons (Fsp3) is 0.684. The quantitative estimate of drug-likeness (QED) is 0.848. The number of nitrogens with zero attached hydrogens (tertiary/aromatic N) is 1. The number of hydrogen-bond donors (Lipinski definition) is 1. The maximum atomic E-state index is 12.2. The highest BCUT2D eigenvalue weighted by Crippen LogP contribution is 2.49. The average molecular weight is 357 g/mol. The van der Waals surface area contributed by atoms with Crippen LogP contribution in [-0.2, 0) is 0 Å². The van der Waals surface area contributed by atoms with Crippen LogP contribution in [0, 0.1) is 11.3 Å². The first-order valence-electron chi connectivity index (χ1n) is 8.94. The summed E-state index contributed by atoms with van der Waals surface area (Å²) >= 11 is 0. The molecule has 0 atom stereocenters. The van der Waals surface area contributed by atoms with Gasteiger partial charge < -0.3 is 14.7 Å². The number of benzene rings is 1. The highest BCUT2D eigenvalue weighted by molar-refractivity contribution is 5.50. The molecule has 1 heterocycles. The Labute approximate surface area is 146 Å². The van der Waals surface area contributed by atoms with E-state index < -0.39 is 12.0 Å². The Morgan fingerprint density at radius 3 is 2.16 bits per heavy atom. The zero-order valence-corrected chi connectivity index (χ0v) is 14.8. The van der Waals surface area contributed by atoms with Crippen molar-refractivity contribution < 1.29 is 23.0 Å². The molecule has 1 aromatic carbocycles. The highest BCUT2D eigenvalue weighted by atomic mass is 19.4. The molecular formula is C19H26F3NO2. The van der Waals surface area contributed by atoms with Gasteiger partial charge in [-0.25, -0.2) is 0 Å². The molecule has 140 valence electrons. The van der Waals surface area contributed by atoms with E-state index in [-0.39, 0.29) is 17.1 Å². The number of rotatable bonds is 3. The van der Waals surface area contributed by atoms with E-state index in [1.165, 1.54) is 12.1 Å². The first kappa shape index (κ1) is 18.4. The molecule has 3 nitrogen and oxygen atoms in total. The minimum atomic E-state index is -4.66. The molecule has 0 radical (unpaired) electrons. The molecule has 2 aliphatic rings. The maximum absolute atomic E-state index is 12.2. The molecule has 1 spiro atoms. The normalized spacial score (nSPS) is 30.3. The van der Waals surface area contributed by atoms with Gasteiger partial charge in [0.05, 0.1) is 5.60 Å². The van der Waals surface area contributed by atoms with E-state index in [1.807, 2.05) is 0 Å². The van der Waals surface area contributed by atoms with Crippen molar-refractivity contribution >= 4 is 5.69 Å². The lowest BCUT2D eigenvalue weighted by Gasteiger charge is -2.44. The van der Waals surface area contributed by atoms with Crippen molar-refractivity contribution in [1.29, 1.82) is 0 Å². The van der Waals surface area contributed by atoms with Crippen LogP contribution in [-0.4, -0.2) is 30.2 Å². The van der Waals surface area contributed by atoms with Gasteiger partial charge in [-0.2, -0.15) is 0 Å². The summed E-state index contributed by atoms with van der Waals surface area (Å²) in [5, 5.41) is 10.7. The third kappa shape index (κ3) is 4.05. The van der Waals surface area contributed by atoms with Crippen LogP contribution in [0.4, 0.5) is 18.9 Å². The molecular weight excluding hydrogens is 331 g/mol. The predicted octanol–water partition coefficient (Wildman–Crippen LogP) is 4.74. The van der Waals surface area contributed by atoms with Crippen molar-refractivity contribution in [3.05, 3.63) is 24.3 Å². The number of aliphatic hydroxyl groups is 1. The first-order chi connectivity index (χ1) is 11.6. The van der Waals surface area contributed by atoms with Gasteiger partial charge in [0.2, 0.25) is 0 Å². The number of anilines is 1. The first-order valence-corrected chi connectivity index (χ1v) is 8.94. The second-order valence-corrected chi connectivity index (χ2v) is 7.97. The van der Waals surface area contributed by atoms with Crippen LogP contribution in [0.5, 0.6) is 5.75 Å². The second-order valence-electron chi connectivity index (χ2n) is 7.97. The molecule has 0 unspecified atom stereocenters. The topological polar surface area (TPSA) is 32.7 Å². The molecule has 1 N–H and O–H groups in total. The van der Waals surface area contributed by atoms with Gasteiger partial charge in [0, 0.05) is 18.8 Å². The van der Waals surface area contributed by atoms with E-state index in [0.717, 1.165) is 50.9 Å². The standard InChI is InChI=1S/C19H26F3NO2/c1-14(2)18(24)9-7-17(8-10-18)11-12-23(13-17)15-3-5-16(6-4-15)25-19(20,21)22/h3-6,14,24H,7-13H2,1-2H3. The van der Waals surface area contributed by atoms with E-state index in [9.17, 15) is 18.3 Å². The van der Waals surface area contributed by atoms with E-state index in [4.69, 9.17) is 0 Å². The Hall–Kier alpha value is -1.43. The van der Waals surface area contributed by atoms with E-state index in [2.05, 4.69) is 23.5 Å². The average Bonchev–Trinajstić information content (AvgIpc) is 2.94. The Morgan fingerprint density at radius 2 is 1.64 bits per heavy atom. The van der Waals surface area contributed by atoms with Crippen molar-refractivity contribution in [3.8, 4) is 5.75 Å². The van der Waals surface area contributed by atoms with Gasteiger partial charge in [-0.1, -0.05) is 13.8 Å². The zero-order valence-electron chi connectivity index (χ0n) is 14.8. The minimum absolute atomic E-state index is 0.190. The molecule has 3 rings (SSSR count). The number of hydrogen-bond acceptors (Lipinski definition) is 3. The van der Waals surface area contributed by atoms with Crippen LogP contribution >= 0.6 is 0 Å². The highest BCUT2D eigenvalue weighted by Gasteiger charge is 2.46. The fourth-order valence-corrected chi connectivity index (χ4v) is 4.21. The van der Waals surface area contributed by atoms with Gasteiger partial charge in [0.1, 0.15) is 5.75 Å². The van der Waals surface area contributed by atoms with Crippen LogP contribution in [0.15, 0.2) is 24.3 Å². The smallest absolute Gasteiger partial charge is 0.406 e. The maximum Gasteiger partial charge on any atom is 0.573 e. The van der Waals surface area contributed by atoms with Crippen molar-refractivity contribution in [2.45, 2.75) is 57.9 Å². The van der Waals surface area contributed by atoms with Crippen molar-refractivity contribution in [1.82, 2.24) is 0 Å². The molecule has 0 bridgehead atoms. The number of halogens is 3. The summed E-state index contributed by atoms with van der Waals surface area (Å²) in [5.74, 6) is 0.0772. The summed E-state index contributed by atoms with van der Waals surface area (Å²) < 4.78 is 40.7. The zero-order chi connectivity index (χ0) is 18.3. The molecule has 1 saturated heterocycles. The SMILES string of the molecule is CC(C)C1(O)CCC2(CCN(c3ccc(OC(F)(F)F)cc3)C2)CC1. The largest absolute Gasteiger partial charge is 0.573 e. The molecule has 2 fully saturated rings. The summed E-state index contributed by atoms with van der Waals surface area (Å²) in [7, 11) is 0.